The Morgan fingerprint density at radius 1 is 1.46 bits per heavy atom. The van der Waals surface area contributed by atoms with E-state index < -0.39 is 0 Å². The van der Waals surface area contributed by atoms with Crippen LogP contribution in [0.2, 0.25) is 0 Å². The topological polar surface area (TPSA) is 35.3 Å². The number of rotatable bonds is 2. The summed E-state index contributed by atoms with van der Waals surface area (Å²) in [6, 6.07) is 5.66. The number of nitrogens with zero attached hydrogens (tertiary/aromatic N) is 1. The third kappa shape index (κ3) is 1.40. The molecule has 0 aliphatic carbocycles. The van der Waals surface area contributed by atoms with Crippen molar-refractivity contribution in [2.75, 3.05) is 7.11 Å². The quantitative estimate of drug-likeness (QED) is 0.699. The lowest BCUT2D eigenvalue weighted by molar-refractivity contribution is 0.404. The van der Waals surface area contributed by atoms with Gasteiger partial charge in [0, 0.05) is 6.20 Å². The van der Waals surface area contributed by atoms with Crippen LogP contribution in [0.4, 0.5) is 0 Å². The van der Waals surface area contributed by atoms with Crippen molar-refractivity contribution in [2.45, 2.75) is 0 Å². The van der Waals surface area contributed by atoms with Crippen LogP contribution in [0.1, 0.15) is 0 Å². The predicted octanol–water partition coefficient (Wildman–Crippen LogP) is 2.15. The molecule has 1 radical (unpaired) electrons. The fourth-order valence-corrected chi connectivity index (χ4v) is 1.10. The SMILES string of the molecule is COc1[c]occ1-c1ccccn1. The van der Waals surface area contributed by atoms with Crippen LogP contribution in [-0.2, 0) is 0 Å². The van der Waals surface area contributed by atoms with E-state index in [1.54, 1.807) is 19.6 Å². The second-order valence-corrected chi connectivity index (χ2v) is 2.50. The minimum Gasteiger partial charge on any atom is -0.492 e. The number of methoxy groups -OCH3 is 1. The van der Waals surface area contributed by atoms with Gasteiger partial charge in [0.1, 0.15) is 6.26 Å². The fraction of sp³-hybridized carbons (Fsp3) is 0.100. The van der Waals surface area contributed by atoms with Crippen LogP contribution >= 0.6 is 0 Å². The van der Waals surface area contributed by atoms with E-state index in [1.165, 1.54) is 0 Å². The van der Waals surface area contributed by atoms with Crippen LogP contribution in [0.15, 0.2) is 35.1 Å². The Kier molecular flexibility index (Phi) is 2.00. The van der Waals surface area contributed by atoms with Crippen molar-refractivity contribution >= 4 is 0 Å². The van der Waals surface area contributed by atoms with Gasteiger partial charge >= 0.3 is 0 Å². The first-order valence-electron chi connectivity index (χ1n) is 3.86. The Bertz CT molecular complexity index is 381. The molecule has 0 amide bonds. The standard InChI is InChI=1S/C10H8NO2/c1-12-10-7-13-6-8(10)9-4-2-3-5-11-9/h2-6H,1H3. The molecule has 2 heterocycles. The van der Waals surface area contributed by atoms with E-state index in [9.17, 15) is 0 Å². The molecule has 0 aromatic carbocycles. The average Bonchev–Trinajstić information content (AvgIpc) is 2.67. The largest absolute Gasteiger partial charge is 0.492 e. The van der Waals surface area contributed by atoms with Gasteiger partial charge in [0.2, 0.25) is 6.26 Å². The highest BCUT2D eigenvalue weighted by atomic mass is 16.5. The molecule has 3 nitrogen and oxygen atoms in total. The highest BCUT2D eigenvalue weighted by molar-refractivity contribution is 5.64. The molecule has 0 aliphatic rings. The van der Waals surface area contributed by atoms with E-state index in [2.05, 4.69) is 11.2 Å². The molecule has 0 spiro atoms. The normalized spacial score (nSPS) is 9.92. The van der Waals surface area contributed by atoms with E-state index >= 15 is 0 Å². The lowest BCUT2D eigenvalue weighted by atomic mass is 10.2. The maximum absolute atomic E-state index is 5.05. The molecular formula is C10H8NO2. The fourth-order valence-electron chi connectivity index (χ4n) is 1.10. The summed E-state index contributed by atoms with van der Waals surface area (Å²) < 4.78 is 9.95. The van der Waals surface area contributed by atoms with Gasteiger partial charge in [-0.2, -0.15) is 0 Å². The van der Waals surface area contributed by atoms with Crippen LogP contribution in [0.3, 0.4) is 0 Å². The second-order valence-electron chi connectivity index (χ2n) is 2.50. The zero-order chi connectivity index (χ0) is 9.10. The number of hydrogen-bond donors (Lipinski definition) is 0. The zero-order valence-corrected chi connectivity index (χ0v) is 7.15. The number of ether oxygens (including phenoxy) is 1. The Morgan fingerprint density at radius 3 is 3.08 bits per heavy atom. The summed E-state index contributed by atoms with van der Waals surface area (Å²) in [6.45, 7) is 0. The summed E-state index contributed by atoms with van der Waals surface area (Å²) >= 11 is 0. The van der Waals surface area contributed by atoms with Crippen molar-refractivity contribution in [3.05, 3.63) is 36.9 Å². The minimum absolute atomic E-state index is 0.582. The number of furan rings is 1. The number of aromatic nitrogens is 1. The summed E-state index contributed by atoms with van der Waals surface area (Å²) in [7, 11) is 1.58. The summed E-state index contributed by atoms with van der Waals surface area (Å²) in [6.07, 6.45) is 5.91. The molecule has 0 N–H and O–H groups in total. The first kappa shape index (κ1) is 7.86. The molecule has 0 saturated heterocycles. The number of pyridine rings is 1. The smallest absolute Gasteiger partial charge is 0.215 e. The molecule has 2 rings (SSSR count). The van der Waals surface area contributed by atoms with Gasteiger partial charge in [-0.15, -0.1) is 0 Å². The van der Waals surface area contributed by atoms with Crippen LogP contribution in [-0.4, -0.2) is 12.1 Å². The first-order valence-corrected chi connectivity index (χ1v) is 3.86. The average molecular weight is 174 g/mol. The Balaban J connectivity index is 2.47. The second kappa shape index (κ2) is 3.31. The van der Waals surface area contributed by atoms with Crippen molar-refractivity contribution in [3.8, 4) is 17.0 Å². The van der Waals surface area contributed by atoms with Gasteiger partial charge in [-0.05, 0) is 12.1 Å². The molecule has 0 aliphatic heterocycles. The Labute approximate surface area is 76.0 Å². The van der Waals surface area contributed by atoms with Gasteiger partial charge < -0.3 is 9.15 Å². The van der Waals surface area contributed by atoms with Crippen molar-refractivity contribution < 1.29 is 9.15 Å². The highest BCUT2D eigenvalue weighted by Gasteiger charge is 2.08. The Morgan fingerprint density at radius 2 is 2.38 bits per heavy atom. The highest BCUT2D eigenvalue weighted by Crippen LogP contribution is 2.28. The molecule has 0 unspecified atom stereocenters. The van der Waals surface area contributed by atoms with Gasteiger partial charge in [-0.3, -0.25) is 4.98 Å². The van der Waals surface area contributed by atoms with Gasteiger partial charge in [0.25, 0.3) is 0 Å². The van der Waals surface area contributed by atoms with E-state index in [0.29, 0.717) is 5.75 Å². The lowest BCUT2D eigenvalue weighted by Crippen LogP contribution is -1.84. The summed E-state index contributed by atoms with van der Waals surface area (Å²) in [5.41, 5.74) is 1.65. The third-order valence-corrected chi connectivity index (χ3v) is 1.72. The van der Waals surface area contributed by atoms with Crippen LogP contribution in [0, 0.1) is 6.26 Å². The van der Waals surface area contributed by atoms with E-state index in [4.69, 9.17) is 9.15 Å². The summed E-state index contributed by atoms with van der Waals surface area (Å²) in [5, 5.41) is 0. The van der Waals surface area contributed by atoms with E-state index in [-0.39, 0.29) is 0 Å². The lowest BCUT2D eigenvalue weighted by Gasteiger charge is -1.98. The van der Waals surface area contributed by atoms with Gasteiger partial charge in [-0.1, -0.05) is 6.07 Å². The number of hydrogen-bond acceptors (Lipinski definition) is 3. The Hall–Kier alpha value is -1.77. The zero-order valence-electron chi connectivity index (χ0n) is 7.15. The van der Waals surface area contributed by atoms with Gasteiger partial charge in [0.15, 0.2) is 5.75 Å². The first-order chi connectivity index (χ1) is 6.42. The van der Waals surface area contributed by atoms with E-state index in [1.807, 2.05) is 18.2 Å². The van der Waals surface area contributed by atoms with Gasteiger partial charge in [0.05, 0.1) is 18.4 Å². The van der Waals surface area contributed by atoms with Crippen molar-refractivity contribution in [2.24, 2.45) is 0 Å². The van der Waals surface area contributed by atoms with Crippen molar-refractivity contribution in [1.29, 1.82) is 0 Å². The molecule has 3 heteroatoms. The maximum atomic E-state index is 5.05. The van der Waals surface area contributed by atoms with Crippen LogP contribution < -0.4 is 4.74 Å². The van der Waals surface area contributed by atoms with Crippen LogP contribution in [0.5, 0.6) is 5.75 Å². The maximum Gasteiger partial charge on any atom is 0.215 e. The third-order valence-electron chi connectivity index (χ3n) is 1.72. The monoisotopic (exact) mass is 174 g/mol. The van der Waals surface area contributed by atoms with Gasteiger partial charge in [-0.25, -0.2) is 0 Å². The molecule has 2 aromatic heterocycles. The molecular weight excluding hydrogens is 166 g/mol. The van der Waals surface area contributed by atoms with Crippen molar-refractivity contribution in [3.63, 3.8) is 0 Å². The van der Waals surface area contributed by atoms with Crippen molar-refractivity contribution in [1.82, 2.24) is 4.98 Å². The van der Waals surface area contributed by atoms with Crippen LogP contribution in [0.25, 0.3) is 11.3 Å². The summed E-state index contributed by atoms with van der Waals surface area (Å²) in [5.74, 6) is 0.582. The van der Waals surface area contributed by atoms with E-state index in [0.717, 1.165) is 11.3 Å². The predicted molar refractivity (Wildman–Crippen MR) is 47.3 cm³/mol. The molecule has 0 bridgehead atoms. The molecule has 13 heavy (non-hydrogen) atoms. The molecule has 0 saturated carbocycles. The summed E-state index contributed by atoms with van der Waals surface area (Å²) in [4.78, 5) is 4.17. The molecule has 0 fully saturated rings. The molecule has 65 valence electrons. The minimum atomic E-state index is 0.582. The molecule has 0 atom stereocenters. The molecule has 2 aromatic rings.